The maximum atomic E-state index is 14.0. The van der Waals surface area contributed by atoms with Crippen molar-refractivity contribution in [3.8, 4) is 23.3 Å². The quantitative estimate of drug-likeness (QED) is 0.603. The fraction of sp³-hybridized carbons (Fsp3) is 0.115. The number of para-hydroxylation sites is 1. The average Bonchev–Trinajstić information content (AvgIpc) is 3.04. The lowest BCUT2D eigenvalue weighted by Gasteiger charge is -2.29. The van der Waals surface area contributed by atoms with Crippen LogP contribution in [0.15, 0.2) is 72.1 Å². The standard InChI is InChI=1S/C26H18N2O5/c1-31-19-10-11-20(32-2)22-21(19)24(29)23-26(25(22)30)33-18-9-4-3-7-16(18)14-28(23)17-8-5-6-15(12-17)13-27/h3-12H,14H2,1-2H3. The number of Topliss-reactive ketones (excluding diaryl/α,β-unsaturated/α-hetero) is 2. The lowest BCUT2D eigenvalue weighted by atomic mass is 9.88. The second-order valence-electron chi connectivity index (χ2n) is 7.51. The second kappa shape index (κ2) is 7.84. The summed E-state index contributed by atoms with van der Waals surface area (Å²) in [6, 6.07) is 19.5. The molecule has 0 atom stereocenters. The van der Waals surface area contributed by atoms with E-state index in [1.165, 1.54) is 14.2 Å². The fourth-order valence-electron chi connectivity index (χ4n) is 4.20. The van der Waals surface area contributed by atoms with Crippen LogP contribution >= 0.6 is 0 Å². The number of nitrogens with zero attached hydrogens (tertiary/aromatic N) is 2. The van der Waals surface area contributed by atoms with E-state index in [0.29, 0.717) is 17.0 Å². The fourth-order valence-corrected chi connectivity index (χ4v) is 4.20. The summed E-state index contributed by atoms with van der Waals surface area (Å²) < 4.78 is 16.9. The van der Waals surface area contributed by atoms with E-state index in [1.807, 2.05) is 12.1 Å². The molecule has 0 N–H and O–H groups in total. The first-order chi connectivity index (χ1) is 16.1. The topological polar surface area (TPSA) is 88.9 Å². The monoisotopic (exact) mass is 438 g/mol. The average molecular weight is 438 g/mol. The molecule has 0 amide bonds. The SMILES string of the molecule is COc1ccc(OC)c2c1C(=O)C1=C(C2=O)N(c2cccc(C#N)c2)Cc2ccccc2O1. The summed E-state index contributed by atoms with van der Waals surface area (Å²) in [5.74, 6) is 0.0128. The molecule has 1 aliphatic carbocycles. The lowest BCUT2D eigenvalue weighted by Crippen LogP contribution is -2.34. The number of rotatable bonds is 3. The third-order valence-electron chi connectivity index (χ3n) is 5.73. The van der Waals surface area contributed by atoms with Gasteiger partial charge in [0.2, 0.25) is 17.3 Å². The smallest absolute Gasteiger partial charge is 0.235 e. The summed E-state index contributed by atoms with van der Waals surface area (Å²) in [5, 5.41) is 9.40. The van der Waals surface area contributed by atoms with Crippen molar-refractivity contribution in [2.24, 2.45) is 0 Å². The third kappa shape index (κ3) is 3.12. The molecule has 7 heteroatoms. The van der Waals surface area contributed by atoms with Crippen LogP contribution in [-0.2, 0) is 6.54 Å². The zero-order valence-corrected chi connectivity index (χ0v) is 17.9. The van der Waals surface area contributed by atoms with Crippen LogP contribution in [0.4, 0.5) is 5.69 Å². The Balaban J connectivity index is 1.80. The van der Waals surface area contributed by atoms with Gasteiger partial charge in [-0.3, -0.25) is 9.59 Å². The highest BCUT2D eigenvalue weighted by atomic mass is 16.5. The van der Waals surface area contributed by atoms with Crippen LogP contribution in [0.5, 0.6) is 17.2 Å². The summed E-state index contributed by atoms with van der Waals surface area (Å²) in [4.78, 5) is 29.4. The van der Waals surface area contributed by atoms with Crippen LogP contribution in [0.2, 0.25) is 0 Å². The van der Waals surface area contributed by atoms with E-state index >= 15 is 0 Å². The minimum atomic E-state index is -0.478. The van der Waals surface area contributed by atoms with Gasteiger partial charge >= 0.3 is 0 Å². The maximum absolute atomic E-state index is 14.0. The zero-order chi connectivity index (χ0) is 23.1. The predicted molar refractivity (Wildman–Crippen MR) is 120 cm³/mol. The molecule has 0 radical (unpaired) electrons. The van der Waals surface area contributed by atoms with Gasteiger partial charge in [0.15, 0.2) is 0 Å². The molecule has 2 aliphatic rings. The van der Waals surface area contributed by atoms with Crippen LogP contribution < -0.4 is 19.1 Å². The Labute approximate surface area is 190 Å². The number of anilines is 1. The molecule has 5 rings (SSSR count). The van der Waals surface area contributed by atoms with Gasteiger partial charge < -0.3 is 19.1 Å². The summed E-state index contributed by atoms with van der Waals surface area (Å²) in [7, 11) is 2.88. The van der Waals surface area contributed by atoms with E-state index in [2.05, 4.69) is 6.07 Å². The number of ether oxygens (including phenoxy) is 3. The van der Waals surface area contributed by atoms with Gasteiger partial charge in [-0.25, -0.2) is 0 Å². The molecule has 162 valence electrons. The van der Waals surface area contributed by atoms with Crippen molar-refractivity contribution in [3.05, 3.63) is 94.4 Å². The highest BCUT2D eigenvalue weighted by Crippen LogP contribution is 2.43. The van der Waals surface area contributed by atoms with Crippen molar-refractivity contribution in [2.75, 3.05) is 19.1 Å². The van der Waals surface area contributed by atoms with Crippen molar-refractivity contribution in [2.45, 2.75) is 6.54 Å². The number of hydrogen-bond donors (Lipinski definition) is 0. The lowest BCUT2D eigenvalue weighted by molar-refractivity contribution is 0.0930. The van der Waals surface area contributed by atoms with Crippen LogP contribution in [0, 0.1) is 11.3 Å². The van der Waals surface area contributed by atoms with Crippen molar-refractivity contribution in [3.63, 3.8) is 0 Å². The molecule has 0 unspecified atom stereocenters. The van der Waals surface area contributed by atoms with Gasteiger partial charge in [-0.2, -0.15) is 5.26 Å². The molecule has 3 aromatic carbocycles. The summed E-state index contributed by atoms with van der Waals surface area (Å²) in [5.41, 5.74) is 2.13. The molecule has 0 bridgehead atoms. The molecule has 7 nitrogen and oxygen atoms in total. The van der Waals surface area contributed by atoms with Crippen molar-refractivity contribution in [1.82, 2.24) is 0 Å². The van der Waals surface area contributed by atoms with Crippen LogP contribution in [0.3, 0.4) is 0 Å². The molecule has 33 heavy (non-hydrogen) atoms. The molecular formula is C26H18N2O5. The molecular weight excluding hydrogens is 420 g/mol. The molecule has 1 heterocycles. The Morgan fingerprint density at radius 1 is 0.909 bits per heavy atom. The largest absolute Gasteiger partial charge is 0.496 e. The van der Waals surface area contributed by atoms with Gasteiger partial charge in [0.05, 0.1) is 43.5 Å². The summed E-state index contributed by atoms with van der Waals surface area (Å²) in [6.45, 7) is 0.268. The second-order valence-corrected chi connectivity index (χ2v) is 7.51. The highest BCUT2D eigenvalue weighted by Gasteiger charge is 2.43. The minimum Gasteiger partial charge on any atom is -0.496 e. The Morgan fingerprint density at radius 2 is 1.61 bits per heavy atom. The number of carbonyl (C=O) groups excluding carboxylic acids is 2. The molecule has 0 saturated carbocycles. The molecule has 0 saturated heterocycles. The van der Waals surface area contributed by atoms with E-state index in [0.717, 1.165) is 5.56 Å². The van der Waals surface area contributed by atoms with E-state index in [9.17, 15) is 14.9 Å². The van der Waals surface area contributed by atoms with Crippen molar-refractivity contribution in [1.29, 1.82) is 5.26 Å². The van der Waals surface area contributed by atoms with Crippen LogP contribution in [-0.4, -0.2) is 25.8 Å². The predicted octanol–water partition coefficient (Wildman–Crippen LogP) is 4.27. The number of nitriles is 1. The van der Waals surface area contributed by atoms with Crippen LogP contribution in [0.25, 0.3) is 0 Å². The number of ketones is 2. The minimum absolute atomic E-state index is 0.0883. The maximum Gasteiger partial charge on any atom is 0.235 e. The van der Waals surface area contributed by atoms with Crippen molar-refractivity contribution >= 4 is 17.3 Å². The third-order valence-corrected chi connectivity index (χ3v) is 5.73. The highest BCUT2D eigenvalue weighted by molar-refractivity contribution is 6.29. The summed E-state index contributed by atoms with van der Waals surface area (Å²) in [6.07, 6.45) is 0. The van der Waals surface area contributed by atoms with Gasteiger partial charge in [-0.05, 0) is 36.4 Å². The van der Waals surface area contributed by atoms with Crippen molar-refractivity contribution < 1.29 is 23.8 Å². The first kappa shape index (κ1) is 20.3. The van der Waals surface area contributed by atoms with Gasteiger partial charge in [0.25, 0.3) is 0 Å². The number of benzene rings is 3. The number of carbonyl (C=O) groups is 2. The molecule has 1 aliphatic heterocycles. The Morgan fingerprint density at radius 3 is 2.30 bits per heavy atom. The van der Waals surface area contributed by atoms with Crippen LogP contribution in [0.1, 0.15) is 31.8 Å². The van der Waals surface area contributed by atoms with E-state index < -0.39 is 11.6 Å². The number of methoxy groups -OCH3 is 2. The van der Waals surface area contributed by atoms with E-state index in [4.69, 9.17) is 14.2 Å². The van der Waals surface area contributed by atoms with Gasteiger partial charge in [-0.15, -0.1) is 0 Å². The zero-order valence-electron chi connectivity index (χ0n) is 17.9. The molecule has 0 fully saturated rings. The molecule has 0 aromatic heterocycles. The Kier molecular flexibility index (Phi) is 4.83. The molecule has 3 aromatic rings. The number of fused-ring (bicyclic) bond motifs is 2. The summed E-state index contributed by atoms with van der Waals surface area (Å²) >= 11 is 0. The van der Waals surface area contributed by atoms with Gasteiger partial charge in [0, 0.05) is 11.3 Å². The first-order valence-corrected chi connectivity index (χ1v) is 10.2. The number of hydrogen-bond acceptors (Lipinski definition) is 7. The van der Waals surface area contributed by atoms with E-state index in [1.54, 1.807) is 53.4 Å². The molecule has 0 spiro atoms. The Bertz CT molecular complexity index is 1400. The number of allylic oxidation sites excluding steroid dienone is 2. The van der Waals surface area contributed by atoms with Gasteiger partial charge in [0.1, 0.15) is 22.9 Å². The van der Waals surface area contributed by atoms with Gasteiger partial charge in [-0.1, -0.05) is 24.3 Å². The van der Waals surface area contributed by atoms with E-state index in [-0.39, 0.29) is 40.6 Å². The normalized spacial score (nSPS) is 14.4. The first-order valence-electron chi connectivity index (χ1n) is 10.2. The Hall–Kier alpha value is -4.57.